The molecule has 0 saturated carbocycles. The minimum absolute atomic E-state index is 0.238. The number of imidazole rings is 1. The van der Waals surface area contributed by atoms with E-state index in [0.717, 1.165) is 0 Å². The molecule has 0 atom stereocenters. The van der Waals surface area contributed by atoms with Crippen molar-refractivity contribution in [3.63, 3.8) is 0 Å². The average molecular weight is 382 g/mol. The van der Waals surface area contributed by atoms with Gasteiger partial charge in [-0.1, -0.05) is 0 Å². The third kappa shape index (κ3) is 4.75. The lowest BCUT2D eigenvalue weighted by atomic mass is 10.5. The average Bonchev–Trinajstić information content (AvgIpc) is 3.05. The summed E-state index contributed by atoms with van der Waals surface area (Å²) in [5, 5.41) is 2.83. The first kappa shape index (κ1) is 20.2. The van der Waals surface area contributed by atoms with Gasteiger partial charge in [0.2, 0.25) is 0 Å². The van der Waals surface area contributed by atoms with E-state index in [9.17, 15) is 4.79 Å². The van der Waals surface area contributed by atoms with E-state index in [-0.39, 0.29) is 11.8 Å². The second kappa shape index (κ2) is 9.57. The Morgan fingerprint density at radius 1 is 1.15 bits per heavy atom. The molecule has 0 aliphatic carbocycles. The molecule has 0 spiro atoms. The summed E-state index contributed by atoms with van der Waals surface area (Å²) in [6.07, 6.45) is 3.35. The van der Waals surface area contributed by atoms with Crippen molar-refractivity contribution in [1.29, 1.82) is 0 Å². The number of amides is 1. The third-order valence-corrected chi connectivity index (χ3v) is 6.76. The van der Waals surface area contributed by atoms with Gasteiger partial charge in [0.15, 0.2) is 17.0 Å². The molecule has 0 fully saturated rings. The van der Waals surface area contributed by atoms with Gasteiger partial charge in [-0.3, -0.25) is 0 Å². The summed E-state index contributed by atoms with van der Waals surface area (Å²) in [5.74, 6) is 0.238. The van der Waals surface area contributed by atoms with Gasteiger partial charge in [0.05, 0.1) is 0 Å². The van der Waals surface area contributed by atoms with E-state index in [1.165, 1.54) is 17.2 Å². The second-order valence-corrected chi connectivity index (χ2v) is 8.10. The summed E-state index contributed by atoms with van der Waals surface area (Å²) < 4.78 is 18.7. The molecule has 0 saturated heterocycles. The van der Waals surface area contributed by atoms with Gasteiger partial charge < -0.3 is 24.3 Å². The highest BCUT2D eigenvalue weighted by atomic mass is 28.4. The topological polar surface area (TPSA) is 126 Å². The molecule has 0 bridgehead atoms. The number of carbonyl (C=O) groups is 1. The minimum Gasteiger partial charge on any atom is -0.382 e. The number of hydrogen-bond acceptors (Lipinski definition) is 8. The van der Waals surface area contributed by atoms with Crippen LogP contribution in [0.2, 0.25) is 6.04 Å². The van der Waals surface area contributed by atoms with Crippen LogP contribution in [0.1, 0.15) is 27.2 Å². The lowest BCUT2D eigenvalue weighted by Gasteiger charge is -2.28. The van der Waals surface area contributed by atoms with Crippen LogP contribution in [0.4, 0.5) is 10.6 Å². The van der Waals surface area contributed by atoms with Crippen molar-refractivity contribution in [1.82, 2.24) is 24.8 Å². The van der Waals surface area contributed by atoms with Gasteiger partial charge in [0, 0.05) is 32.4 Å². The van der Waals surface area contributed by atoms with Crippen LogP contribution in [0.3, 0.4) is 0 Å². The molecule has 26 heavy (non-hydrogen) atoms. The summed E-state index contributed by atoms with van der Waals surface area (Å²) in [4.78, 5) is 24.4. The predicted molar refractivity (Wildman–Crippen MR) is 98.6 cm³/mol. The Morgan fingerprint density at radius 2 is 1.81 bits per heavy atom. The van der Waals surface area contributed by atoms with E-state index in [2.05, 4.69) is 20.3 Å². The van der Waals surface area contributed by atoms with Crippen LogP contribution >= 0.6 is 0 Å². The molecular weight excluding hydrogens is 356 g/mol. The first-order valence-electron chi connectivity index (χ1n) is 8.70. The standard InChI is InChI=1S/C15H26N6O4Si/c1-4-23-26(24-5-2,25-6-3)9-7-8-17-15(22)21-11-20-12-13(16)18-10-19-14(12)21/h10-11H,4-9H2,1-3H3,(H,17,22)(H2,16,18,19). The first-order valence-corrected chi connectivity index (χ1v) is 10.6. The second-order valence-electron chi connectivity index (χ2n) is 5.36. The summed E-state index contributed by atoms with van der Waals surface area (Å²) in [7, 11) is -2.69. The number of nitrogens with one attached hydrogen (secondary N) is 1. The van der Waals surface area contributed by atoms with E-state index >= 15 is 0 Å². The number of fused-ring (bicyclic) bond motifs is 1. The number of anilines is 1. The summed E-state index contributed by atoms with van der Waals surface area (Å²) in [6.45, 7) is 7.78. The van der Waals surface area contributed by atoms with Gasteiger partial charge in [-0.05, 0) is 27.2 Å². The zero-order valence-corrected chi connectivity index (χ0v) is 16.4. The van der Waals surface area contributed by atoms with Crippen LogP contribution in [0.5, 0.6) is 0 Å². The SMILES string of the molecule is CCO[Si](CCCNC(=O)n1cnc2c(N)ncnc21)(OCC)OCC. The number of carbonyl (C=O) groups excluding carboxylic acids is 1. The lowest BCUT2D eigenvalue weighted by Crippen LogP contribution is -2.46. The monoisotopic (exact) mass is 382 g/mol. The Hall–Kier alpha value is -2.08. The molecule has 1 amide bonds. The number of nitrogens with two attached hydrogens (primary N) is 1. The van der Waals surface area contributed by atoms with Gasteiger partial charge in [-0.2, -0.15) is 0 Å². The highest BCUT2D eigenvalue weighted by Crippen LogP contribution is 2.18. The normalized spacial score (nSPS) is 11.8. The van der Waals surface area contributed by atoms with Crippen LogP contribution < -0.4 is 11.1 Å². The van der Waals surface area contributed by atoms with Crippen molar-refractivity contribution in [2.45, 2.75) is 33.2 Å². The maximum absolute atomic E-state index is 12.4. The molecule has 2 heterocycles. The molecule has 2 aromatic rings. The molecule has 144 valence electrons. The molecule has 0 aliphatic heterocycles. The quantitative estimate of drug-likeness (QED) is 0.466. The van der Waals surface area contributed by atoms with Crippen LogP contribution in [0.15, 0.2) is 12.7 Å². The number of hydrogen-bond donors (Lipinski definition) is 2. The molecule has 10 nitrogen and oxygen atoms in total. The van der Waals surface area contributed by atoms with Crippen LogP contribution in [-0.4, -0.2) is 60.7 Å². The molecular formula is C15H26N6O4Si. The lowest BCUT2D eigenvalue weighted by molar-refractivity contribution is 0.0708. The number of aromatic nitrogens is 4. The van der Waals surface area contributed by atoms with Crippen molar-refractivity contribution in [2.75, 3.05) is 32.1 Å². The van der Waals surface area contributed by atoms with Crippen molar-refractivity contribution < 1.29 is 18.1 Å². The Labute approximate surface area is 153 Å². The van der Waals surface area contributed by atoms with E-state index in [0.29, 0.717) is 50.0 Å². The summed E-state index contributed by atoms with van der Waals surface area (Å²) >= 11 is 0. The first-order chi connectivity index (χ1) is 12.6. The summed E-state index contributed by atoms with van der Waals surface area (Å²) in [6, 6.07) is 0.296. The van der Waals surface area contributed by atoms with Crippen LogP contribution in [0, 0.1) is 0 Å². The van der Waals surface area contributed by atoms with E-state index in [4.69, 9.17) is 19.0 Å². The molecule has 2 rings (SSSR count). The summed E-state index contributed by atoms with van der Waals surface area (Å²) in [5.41, 5.74) is 6.50. The molecule has 11 heteroatoms. The van der Waals surface area contributed by atoms with Gasteiger partial charge in [0.25, 0.3) is 0 Å². The van der Waals surface area contributed by atoms with E-state index < -0.39 is 8.80 Å². The Balaban J connectivity index is 1.93. The maximum Gasteiger partial charge on any atom is 0.500 e. The highest BCUT2D eigenvalue weighted by Gasteiger charge is 2.39. The zero-order chi connectivity index (χ0) is 19.0. The fourth-order valence-corrected chi connectivity index (χ4v) is 5.20. The van der Waals surface area contributed by atoms with Gasteiger partial charge in [-0.15, -0.1) is 0 Å². The fraction of sp³-hybridized carbons (Fsp3) is 0.600. The molecule has 2 aromatic heterocycles. The molecule has 0 aliphatic rings. The van der Waals surface area contributed by atoms with Crippen molar-refractivity contribution in [3.8, 4) is 0 Å². The van der Waals surface area contributed by atoms with Gasteiger partial charge >= 0.3 is 14.8 Å². The largest absolute Gasteiger partial charge is 0.500 e. The third-order valence-electron chi connectivity index (χ3n) is 3.61. The van der Waals surface area contributed by atoms with E-state index in [1.54, 1.807) is 0 Å². The maximum atomic E-state index is 12.4. The number of nitrogens with zero attached hydrogens (tertiary/aromatic N) is 4. The number of rotatable bonds is 10. The predicted octanol–water partition coefficient (Wildman–Crippen LogP) is 1.40. The Bertz CT molecular complexity index is 708. The van der Waals surface area contributed by atoms with E-state index in [1.807, 2.05) is 20.8 Å². The zero-order valence-electron chi connectivity index (χ0n) is 15.4. The van der Waals surface area contributed by atoms with Gasteiger partial charge in [-0.25, -0.2) is 24.3 Å². The fourth-order valence-electron chi connectivity index (χ4n) is 2.59. The smallest absolute Gasteiger partial charge is 0.382 e. The van der Waals surface area contributed by atoms with Crippen LogP contribution in [-0.2, 0) is 13.3 Å². The number of nitrogen functional groups attached to an aromatic ring is 1. The molecule has 3 N–H and O–H groups in total. The van der Waals surface area contributed by atoms with Crippen molar-refractivity contribution in [3.05, 3.63) is 12.7 Å². The molecule has 0 radical (unpaired) electrons. The van der Waals surface area contributed by atoms with Crippen molar-refractivity contribution >= 4 is 31.8 Å². The molecule has 0 aromatic carbocycles. The Kier molecular flexibility index (Phi) is 7.45. The minimum atomic E-state index is -2.69. The van der Waals surface area contributed by atoms with Crippen molar-refractivity contribution in [2.24, 2.45) is 0 Å². The highest BCUT2D eigenvalue weighted by molar-refractivity contribution is 6.60. The van der Waals surface area contributed by atoms with Gasteiger partial charge in [0.1, 0.15) is 12.7 Å². The van der Waals surface area contributed by atoms with Crippen LogP contribution in [0.25, 0.3) is 11.2 Å². The molecule has 0 unspecified atom stereocenters. The Morgan fingerprint density at radius 3 is 2.42 bits per heavy atom.